The molecule has 1 N–H and O–H groups in total. The summed E-state index contributed by atoms with van der Waals surface area (Å²) >= 11 is 0. The summed E-state index contributed by atoms with van der Waals surface area (Å²) in [6.07, 6.45) is 3.47. The highest BCUT2D eigenvalue weighted by atomic mass is 16.5. The number of carbonyl (C=O) groups is 2. The van der Waals surface area contributed by atoms with Crippen LogP contribution in [0.15, 0.2) is 24.3 Å². The molecule has 0 unspecified atom stereocenters. The molecule has 2 heterocycles. The van der Waals surface area contributed by atoms with Crippen molar-refractivity contribution in [3.05, 3.63) is 29.8 Å². The highest BCUT2D eigenvalue weighted by Gasteiger charge is 2.35. The summed E-state index contributed by atoms with van der Waals surface area (Å²) in [7, 11) is 0. The summed E-state index contributed by atoms with van der Waals surface area (Å²) in [5.74, 6) is 0.729. The molecule has 2 aliphatic rings. The van der Waals surface area contributed by atoms with Gasteiger partial charge in [0.05, 0.1) is 6.04 Å². The Kier molecular flexibility index (Phi) is 6.14. The largest absolute Gasteiger partial charge is 0.491 e. The number of hydrogen-bond donors (Lipinski definition) is 1. The third-order valence-electron chi connectivity index (χ3n) is 4.84. The highest BCUT2D eigenvalue weighted by molar-refractivity contribution is 5.94. The standard InChI is InChI=1S/C20H28N2O4/c1-14(2)21-19(23)15-7-9-17(10-8-15)26-13-16-5-3-11-22(16)20(24)18-6-4-12-25-18/h7-10,14,16,18H,3-6,11-13H2,1-2H3,(H,21,23)/t16-,18-/m1/s1. The number of likely N-dealkylation sites (tertiary alicyclic amines) is 1. The minimum atomic E-state index is -0.269. The van der Waals surface area contributed by atoms with Crippen molar-refractivity contribution in [2.75, 3.05) is 19.8 Å². The van der Waals surface area contributed by atoms with Crippen molar-refractivity contribution in [2.24, 2.45) is 0 Å². The summed E-state index contributed by atoms with van der Waals surface area (Å²) in [4.78, 5) is 26.5. The molecular formula is C20H28N2O4. The van der Waals surface area contributed by atoms with Gasteiger partial charge in [-0.05, 0) is 63.8 Å². The number of amides is 2. The van der Waals surface area contributed by atoms with E-state index in [2.05, 4.69) is 5.32 Å². The first-order valence-electron chi connectivity index (χ1n) is 9.50. The van der Waals surface area contributed by atoms with Crippen LogP contribution < -0.4 is 10.1 Å². The number of rotatable bonds is 6. The fourth-order valence-electron chi connectivity index (χ4n) is 3.50. The fourth-order valence-corrected chi connectivity index (χ4v) is 3.50. The molecule has 6 heteroatoms. The molecule has 2 fully saturated rings. The molecule has 2 amide bonds. The van der Waals surface area contributed by atoms with Crippen LogP contribution >= 0.6 is 0 Å². The third-order valence-corrected chi connectivity index (χ3v) is 4.84. The molecule has 0 saturated carbocycles. The predicted molar refractivity (Wildman–Crippen MR) is 98.2 cm³/mol. The van der Waals surface area contributed by atoms with E-state index in [-0.39, 0.29) is 30.0 Å². The maximum Gasteiger partial charge on any atom is 0.252 e. The SMILES string of the molecule is CC(C)NC(=O)c1ccc(OC[C@H]2CCCN2C(=O)[C@H]2CCCO2)cc1. The van der Waals surface area contributed by atoms with Crippen molar-refractivity contribution in [3.8, 4) is 5.75 Å². The number of carbonyl (C=O) groups excluding carboxylic acids is 2. The average molecular weight is 360 g/mol. The van der Waals surface area contributed by atoms with E-state index in [1.165, 1.54) is 0 Å². The summed E-state index contributed by atoms with van der Waals surface area (Å²) in [6.45, 7) is 5.79. The molecule has 6 nitrogen and oxygen atoms in total. The van der Waals surface area contributed by atoms with E-state index in [1.54, 1.807) is 24.3 Å². The van der Waals surface area contributed by atoms with Gasteiger partial charge >= 0.3 is 0 Å². The van der Waals surface area contributed by atoms with Gasteiger partial charge in [-0.2, -0.15) is 0 Å². The number of ether oxygens (including phenoxy) is 2. The molecular weight excluding hydrogens is 332 g/mol. The molecule has 0 bridgehead atoms. The van der Waals surface area contributed by atoms with Gasteiger partial charge in [0, 0.05) is 24.8 Å². The molecule has 142 valence electrons. The Labute approximate surface area is 154 Å². The lowest BCUT2D eigenvalue weighted by molar-refractivity contribution is -0.142. The van der Waals surface area contributed by atoms with Gasteiger partial charge in [-0.1, -0.05) is 0 Å². The second kappa shape index (κ2) is 8.54. The van der Waals surface area contributed by atoms with Gasteiger partial charge in [0.1, 0.15) is 18.5 Å². The lowest BCUT2D eigenvalue weighted by Gasteiger charge is -2.27. The van der Waals surface area contributed by atoms with Crippen LogP contribution in [-0.2, 0) is 9.53 Å². The van der Waals surface area contributed by atoms with E-state index in [0.717, 1.165) is 32.2 Å². The Bertz CT molecular complexity index is 623. The van der Waals surface area contributed by atoms with E-state index >= 15 is 0 Å². The van der Waals surface area contributed by atoms with Crippen molar-refractivity contribution in [3.63, 3.8) is 0 Å². The van der Waals surface area contributed by atoms with Crippen molar-refractivity contribution in [1.29, 1.82) is 0 Å². The van der Waals surface area contributed by atoms with Crippen LogP contribution in [0.3, 0.4) is 0 Å². The Morgan fingerprint density at radius 2 is 2.00 bits per heavy atom. The normalized spacial score (nSPS) is 22.7. The van der Waals surface area contributed by atoms with E-state index in [4.69, 9.17) is 9.47 Å². The first kappa shape index (κ1) is 18.7. The van der Waals surface area contributed by atoms with E-state index in [1.807, 2.05) is 18.7 Å². The van der Waals surface area contributed by atoms with Gasteiger partial charge in [0.2, 0.25) is 0 Å². The fraction of sp³-hybridized carbons (Fsp3) is 0.600. The van der Waals surface area contributed by atoms with Crippen LogP contribution in [0.2, 0.25) is 0 Å². The van der Waals surface area contributed by atoms with E-state index in [9.17, 15) is 9.59 Å². The van der Waals surface area contributed by atoms with Crippen LogP contribution in [0.5, 0.6) is 5.75 Å². The first-order chi connectivity index (χ1) is 12.5. The topological polar surface area (TPSA) is 67.9 Å². The quantitative estimate of drug-likeness (QED) is 0.846. The molecule has 0 radical (unpaired) electrons. The maximum absolute atomic E-state index is 12.6. The Hall–Kier alpha value is -2.08. The van der Waals surface area contributed by atoms with Crippen molar-refractivity contribution in [1.82, 2.24) is 10.2 Å². The molecule has 2 saturated heterocycles. The summed E-state index contributed by atoms with van der Waals surface area (Å²) < 4.78 is 11.4. The smallest absolute Gasteiger partial charge is 0.252 e. The van der Waals surface area contributed by atoms with Crippen LogP contribution in [0.1, 0.15) is 49.9 Å². The monoisotopic (exact) mass is 360 g/mol. The van der Waals surface area contributed by atoms with E-state index < -0.39 is 0 Å². The summed E-state index contributed by atoms with van der Waals surface area (Å²) in [5, 5.41) is 2.86. The van der Waals surface area contributed by atoms with Gasteiger partial charge in [-0.3, -0.25) is 9.59 Å². The van der Waals surface area contributed by atoms with Crippen molar-refractivity contribution >= 4 is 11.8 Å². The number of nitrogens with one attached hydrogen (secondary N) is 1. The minimum Gasteiger partial charge on any atom is -0.491 e. The Morgan fingerprint density at radius 3 is 2.65 bits per heavy atom. The molecule has 0 aromatic heterocycles. The zero-order valence-electron chi connectivity index (χ0n) is 15.6. The number of nitrogens with zero attached hydrogens (tertiary/aromatic N) is 1. The summed E-state index contributed by atoms with van der Waals surface area (Å²) in [5.41, 5.74) is 0.613. The van der Waals surface area contributed by atoms with Gasteiger partial charge in [-0.15, -0.1) is 0 Å². The van der Waals surface area contributed by atoms with Crippen LogP contribution in [0, 0.1) is 0 Å². The van der Waals surface area contributed by atoms with E-state index in [0.29, 0.717) is 24.5 Å². The molecule has 1 aromatic carbocycles. The van der Waals surface area contributed by atoms with Gasteiger partial charge in [0.15, 0.2) is 0 Å². The molecule has 2 atom stereocenters. The maximum atomic E-state index is 12.6. The highest BCUT2D eigenvalue weighted by Crippen LogP contribution is 2.23. The van der Waals surface area contributed by atoms with Gasteiger partial charge in [-0.25, -0.2) is 0 Å². The molecule has 3 rings (SSSR count). The zero-order chi connectivity index (χ0) is 18.5. The zero-order valence-corrected chi connectivity index (χ0v) is 15.6. The van der Waals surface area contributed by atoms with Crippen molar-refractivity contribution < 1.29 is 19.1 Å². The van der Waals surface area contributed by atoms with Crippen LogP contribution in [-0.4, -0.2) is 54.7 Å². The van der Waals surface area contributed by atoms with Crippen LogP contribution in [0.25, 0.3) is 0 Å². The second-order valence-corrected chi connectivity index (χ2v) is 7.29. The predicted octanol–water partition coefficient (Wildman–Crippen LogP) is 2.37. The average Bonchev–Trinajstić information content (AvgIpc) is 3.31. The lowest BCUT2D eigenvalue weighted by Crippen LogP contribution is -2.44. The molecule has 26 heavy (non-hydrogen) atoms. The molecule has 1 aromatic rings. The van der Waals surface area contributed by atoms with Crippen LogP contribution in [0.4, 0.5) is 0 Å². The third kappa shape index (κ3) is 4.55. The number of benzene rings is 1. The Balaban J connectivity index is 1.53. The van der Waals surface area contributed by atoms with Gasteiger partial charge < -0.3 is 19.7 Å². The van der Waals surface area contributed by atoms with Crippen molar-refractivity contribution in [2.45, 2.75) is 57.7 Å². The first-order valence-corrected chi connectivity index (χ1v) is 9.50. The summed E-state index contributed by atoms with van der Waals surface area (Å²) in [6, 6.07) is 7.32. The molecule has 0 spiro atoms. The van der Waals surface area contributed by atoms with Gasteiger partial charge in [0.25, 0.3) is 11.8 Å². The minimum absolute atomic E-state index is 0.0873. The Morgan fingerprint density at radius 1 is 1.23 bits per heavy atom. The number of hydrogen-bond acceptors (Lipinski definition) is 4. The molecule has 0 aliphatic carbocycles. The second-order valence-electron chi connectivity index (χ2n) is 7.29. The lowest BCUT2D eigenvalue weighted by atomic mass is 10.2. The molecule has 2 aliphatic heterocycles.